The van der Waals surface area contributed by atoms with Gasteiger partial charge in [-0.3, -0.25) is 0 Å². The SMILES string of the molecule is COC(=O)/C=C/C(O)OCCN1CCCC1. The quantitative estimate of drug-likeness (QED) is 0.399. The van der Waals surface area contributed by atoms with E-state index in [4.69, 9.17) is 4.74 Å². The molecule has 1 unspecified atom stereocenters. The molecule has 1 aliphatic heterocycles. The highest BCUT2D eigenvalue weighted by molar-refractivity contribution is 5.81. The number of carbonyl (C=O) groups is 1. The summed E-state index contributed by atoms with van der Waals surface area (Å²) >= 11 is 0. The molecule has 1 rings (SSSR count). The first-order valence-electron chi connectivity index (χ1n) is 5.50. The van der Waals surface area contributed by atoms with Crippen LogP contribution >= 0.6 is 0 Å². The van der Waals surface area contributed by atoms with E-state index in [-0.39, 0.29) is 0 Å². The van der Waals surface area contributed by atoms with Crippen LogP contribution in [0, 0.1) is 0 Å². The van der Waals surface area contributed by atoms with Gasteiger partial charge in [-0.05, 0) is 32.0 Å². The molecular formula is C11H19NO4. The van der Waals surface area contributed by atoms with Gasteiger partial charge < -0.3 is 19.5 Å². The highest BCUT2D eigenvalue weighted by Crippen LogP contribution is 2.06. The molecule has 0 radical (unpaired) electrons. The van der Waals surface area contributed by atoms with E-state index >= 15 is 0 Å². The van der Waals surface area contributed by atoms with Crippen molar-refractivity contribution in [3.8, 4) is 0 Å². The topological polar surface area (TPSA) is 59.0 Å². The zero-order chi connectivity index (χ0) is 11.8. The van der Waals surface area contributed by atoms with Crippen LogP contribution in [0.5, 0.6) is 0 Å². The number of hydrogen-bond donors (Lipinski definition) is 1. The molecule has 1 atom stereocenters. The Morgan fingerprint density at radius 2 is 2.19 bits per heavy atom. The first-order chi connectivity index (χ1) is 7.72. The van der Waals surface area contributed by atoms with Gasteiger partial charge in [-0.2, -0.15) is 0 Å². The van der Waals surface area contributed by atoms with Crippen LogP contribution in [-0.2, 0) is 14.3 Å². The van der Waals surface area contributed by atoms with E-state index in [1.807, 2.05) is 0 Å². The first-order valence-corrected chi connectivity index (χ1v) is 5.50. The van der Waals surface area contributed by atoms with Crippen LogP contribution in [0.1, 0.15) is 12.8 Å². The molecule has 1 aliphatic rings. The molecule has 0 aliphatic carbocycles. The van der Waals surface area contributed by atoms with Gasteiger partial charge in [-0.15, -0.1) is 0 Å². The summed E-state index contributed by atoms with van der Waals surface area (Å²) < 4.78 is 9.50. The predicted octanol–water partition coefficient (Wildman–Crippen LogP) is 0.146. The van der Waals surface area contributed by atoms with Gasteiger partial charge in [0.05, 0.1) is 13.7 Å². The fraction of sp³-hybridized carbons (Fsp3) is 0.727. The Bertz CT molecular complexity index is 236. The van der Waals surface area contributed by atoms with E-state index in [9.17, 15) is 9.90 Å². The van der Waals surface area contributed by atoms with Crippen molar-refractivity contribution in [2.75, 3.05) is 33.4 Å². The second kappa shape index (κ2) is 7.38. The molecule has 1 fully saturated rings. The Kier molecular flexibility index (Phi) is 6.07. The summed E-state index contributed by atoms with van der Waals surface area (Å²) in [6.07, 6.45) is 3.87. The summed E-state index contributed by atoms with van der Waals surface area (Å²) in [5, 5.41) is 9.33. The van der Waals surface area contributed by atoms with Gasteiger partial charge >= 0.3 is 5.97 Å². The monoisotopic (exact) mass is 229 g/mol. The zero-order valence-corrected chi connectivity index (χ0v) is 9.59. The average molecular weight is 229 g/mol. The number of ether oxygens (including phenoxy) is 2. The number of aliphatic hydroxyl groups is 1. The smallest absolute Gasteiger partial charge is 0.330 e. The Morgan fingerprint density at radius 3 is 2.81 bits per heavy atom. The molecule has 92 valence electrons. The Hall–Kier alpha value is -0.910. The van der Waals surface area contributed by atoms with E-state index in [0.29, 0.717) is 6.61 Å². The molecule has 5 nitrogen and oxygen atoms in total. The number of aliphatic hydroxyl groups excluding tert-OH is 1. The normalized spacial score (nSPS) is 19.1. The van der Waals surface area contributed by atoms with Crippen molar-refractivity contribution in [1.29, 1.82) is 0 Å². The molecule has 0 bridgehead atoms. The molecular weight excluding hydrogens is 210 g/mol. The fourth-order valence-corrected chi connectivity index (χ4v) is 1.59. The van der Waals surface area contributed by atoms with Crippen molar-refractivity contribution in [2.45, 2.75) is 19.1 Å². The van der Waals surface area contributed by atoms with Crippen molar-refractivity contribution in [1.82, 2.24) is 4.90 Å². The van der Waals surface area contributed by atoms with Crippen LogP contribution in [0.25, 0.3) is 0 Å². The van der Waals surface area contributed by atoms with Crippen molar-refractivity contribution in [3.05, 3.63) is 12.2 Å². The largest absolute Gasteiger partial charge is 0.466 e. The third kappa shape index (κ3) is 5.25. The van der Waals surface area contributed by atoms with Gasteiger partial charge in [0.15, 0.2) is 6.29 Å². The summed E-state index contributed by atoms with van der Waals surface area (Å²) in [6, 6.07) is 0. The van der Waals surface area contributed by atoms with E-state index in [1.165, 1.54) is 26.0 Å². The minimum atomic E-state index is -1.04. The molecule has 0 aromatic heterocycles. The van der Waals surface area contributed by atoms with Gasteiger partial charge in [-0.1, -0.05) is 0 Å². The van der Waals surface area contributed by atoms with Crippen molar-refractivity contribution >= 4 is 5.97 Å². The summed E-state index contributed by atoms with van der Waals surface area (Å²) in [5.74, 6) is -0.498. The molecule has 1 saturated heterocycles. The number of nitrogens with zero attached hydrogens (tertiary/aromatic N) is 1. The maximum atomic E-state index is 10.7. The summed E-state index contributed by atoms with van der Waals surface area (Å²) in [7, 11) is 1.29. The van der Waals surface area contributed by atoms with Gasteiger partial charge in [0, 0.05) is 12.6 Å². The maximum Gasteiger partial charge on any atom is 0.330 e. The van der Waals surface area contributed by atoms with Crippen molar-refractivity contribution < 1.29 is 19.4 Å². The lowest BCUT2D eigenvalue weighted by atomic mass is 10.4. The Morgan fingerprint density at radius 1 is 1.50 bits per heavy atom. The minimum Gasteiger partial charge on any atom is -0.466 e. The van der Waals surface area contributed by atoms with E-state index in [1.54, 1.807) is 0 Å². The van der Waals surface area contributed by atoms with Gasteiger partial charge in [0.2, 0.25) is 0 Å². The van der Waals surface area contributed by atoms with Crippen molar-refractivity contribution in [3.63, 3.8) is 0 Å². The molecule has 1 N–H and O–H groups in total. The lowest BCUT2D eigenvalue weighted by Gasteiger charge is -2.15. The van der Waals surface area contributed by atoms with E-state index in [2.05, 4.69) is 9.64 Å². The minimum absolute atomic E-state index is 0.465. The average Bonchev–Trinajstić information content (AvgIpc) is 2.79. The lowest BCUT2D eigenvalue weighted by Crippen LogP contribution is -2.25. The fourth-order valence-electron chi connectivity index (χ4n) is 1.59. The molecule has 1 heterocycles. The first kappa shape index (κ1) is 13.2. The van der Waals surface area contributed by atoms with Gasteiger partial charge in [0.25, 0.3) is 0 Å². The molecule has 5 heteroatoms. The number of esters is 1. The Balaban J connectivity index is 2.07. The third-order valence-electron chi connectivity index (χ3n) is 2.49. The number of methoxy groups -OCH3 is 1. The molecule has 0 aromatic carbocycles. The second-order valence-corrected chi connectivity index (χ2v) is 3.69. The van der Waals surface area contributed by atoms with Crippen LogP contribution in [0.3, 0.4) is 0 Å². The highest BCUT2D eigenvalue weighted by atomic mass is 16.6. The van der Waals surface area contributed by atoms with Gasteiger partial charge in [0.1, 0.15) is 0 Å². The summed E-state index contributed by atoms with van der Waals surface area (Å²) in [6.45, 7) is 3.50. The van der Waals surface area contributed by atoms with E-state index < -0.39 is 12.3 Å². The Labute approximate surface area is 95.6 Å². The number of carbonyl (C=O) groups excluding carboxylic acids is 1. The van der Waals surface area contributed by atoms with Crippen LogP contribution in [-0.4, -0.2) is 55.6 Å². The molecule has 0 amide bonds. The van der Waals surface area contributed by atoms with E-state index in [0.717, 1.165) is 25.7 Å². The van der Waals surface area contributed by atoms with Crippen molar-refractivity contribution in [2.24, 2.45) is 0 Å². The van der Waals surface area contributed by atoms with Crippen LogP contribution in [0.15, 0.2) is 12.2 Å². The summed E-state index contributed by atoms with van der Waals surface area (Å²) in [4.78, 5) is 13.0. The second-order valence-electron chi connectivity index (χ2n) is 3.69. The number of hydrogen-bond acceptors (Lipinski definition) is 5. The maximum absolute atomic E-state index is 10.7. The zero-order valence-electron chi connectivity index (χ0n) is 9.59. The van der Waals surface area contributed by atoms with Crippen LogP contribution in [0.2, 0.25) is 0 Å². The number of rotatable bonds is 6. The summed E-state index contributed by atoms with van der Waals surface area (Å²) in [5.41, 5.74) is 0. The lowest BCUT2D eigenvalue weighted by molar-refractivity contribution is -0.135. The predicted molar refractivity (Wildman–Crippen MR) is 58.8 cm³/mol. The standard InChI is InChI=1S/C11H19NO4/c1-15-10(13)4-5-11(14)16-9-8-12-6-2-3-7-12/h4-5,11,14H,2-3,6-9H2,1H3/b5-4+. The highest BCUT2D eigenvalue weighted by Gasteiger charge is 2.11. The molecule has 0 spiro atoms. The molecule has 0 aromatic rings. The molecule has 0 saturated carbocycles. The van der Waals surface area contributed by atoms with Gasteiger partial charge in [-0.25, -0.2) is 4.79 Å². The van der Waals surface area contributed by atoms with Crippen LogP contribution in [0.4, 0.5) is 0 Å². The molecule has 16 heavy (non-hydrogen) atoms. The third-order valence-corrected chi connectivity index (χ3v) is 2.49. The number of likely N-dealkylation sites (tertiary alicyclic amines) is 1. The van der Waals surface area contributed by atoms with Crippen LogP contribution < -0.4 is 0 Å².